The molecule has 0 radical (unpaired) electrons. The number of hydrogen-bond acceptors (Lipinski definition) is 2. The lowest BCUT2D eigenvalue weighted by Gasteiger charge is -2.07. The molecular formula is C12H15ClN4O. The highest BCUT2D eigenvalue weighted by atomic mass is 35.5. The van der Waals surface area contributed by atoms with Crippen LogP contribution in [0.3, 0.4) is 0 Å². The van der Waals surface area contributed by atoms with Crippen LogP contribution in [0.25, 0.3) is 10.9 Å². The van der Waals surface area contributed by atoms with Crippen molar-refractivity contribution in [2.24, 2.45) is 5.73 Å². The second kappa shape index (κ2) is 5.55. The predicted octanol–water partition coefficient (Wildman–Crippen LogP) is 1.71. The minimum absolute atomic E-state index is 0. The molecule has 0 saturated carbocycles. The lowest BCUT2D eigenvalue weighted by atomic mass is 10.2. The molecule has 1 heterocycles. The van der Waals surface area contributed by atoms with E-state index in [0.717, 1.165) is 10.9 Å². The summed E-state index contributed by atoms with van der Waals surface area (Å²) < 4.78 is 1.90. The number of carbonyl (C=O) groups is 1. The van der Waals surface area contributed by atoms with Crippen LogP contribution >= 0.6 is 12.4 Å². The molecule has 96 valence electrons. The number of nitrogens with two attached hydrogens (primary N) is 1. The number of nitrogens with zero attached hydrogens (tertiary/aromatic N) is 1. The summed E-state index contributed by atoms with van der Waals surface area (Å²) in [6.07, 6.45) is 0. The number of halogens is 1. The number of aromatic nitrogens is 1. The molecule has 0 bridgehead atoms. The molecule has 0 aliphatic heterocycles. The molecule has 0 fully saturated rings. The lowest BCUT2D eigenvalue weighted by molar-refractivity contribution is 0.0968. The predicted molar refractivity (Wildman–Crippen MR) is 74.2 cm³/mol. The van der Waals surface area contributed by atoms with Gasteiger partial charge in [0.25, 0.3) is 5.91 Å². The van der Waals surface area contributed by atoms with Gasteiger partial charge in [-0.1, -0.05) is 18.2 Å². The molecule has 2 rings (SSSR count). The Morgan fingerprint density at radius 3 is 2.72 bits per heavy atom. The molecule has 18 heavy (non-hydrogen) atoms. The van der Waals surface area contributed by atoms with Crippen molar-refractivity contribution in [1.82, 2.24) is 9.88 Å². The Kier molecular flexibility index (Phi) is 4.33. The number of guanidine groups is 1. The van der Waals surface area contributed by atoms with Crippen LogP contribution in [0, 0.1) is 5.41 Å². The number of hydrogen-bond donors (Lipinski definition) is 3. The van der Waals surface area contributed by atoms with E-state index in [1.165, 1.54) is 0 Å². The topological polar surface area (TPSA) is 83.9 Å². The van der Waals surface area contributed by atoms with Gasteiger partial charge in [0.1, 0.15) is 5.69 Å². The number of fused-ring (bicyclic) bond motifs is 1. The van der Waals surface area contributed by atoms with Crippen molar-refractivity contribution in [3.8, 4) is 0 Å². The molecule has 0 atom stereocenters. The van der Waals surface area contributed by atoms with Crippen molar-refractivity contribution in [2.45, 2.75) is 13.5 Å². The molecule has 0 spiro atoms. The molecule has 2 aromatic rings. The first-order chi connectivity index (χ1) is 8.13. The molecule has 1 aromatic carbocycles. The van der Waals surface area contributed by atoms with Gasteiger partial charge in [-0.25, -0.2) is 0 Å². The molecule has 1 aromatic heterocycles. The first-order valence-electron chi connectivity index (χ1n) is 5.37. The molecule has 0 saturated heterocycles. The summed E-state index contributed by atoms with van der Waals surface area (Å²) in [7, 11) is 0. The number of amides is 1. The fourth-order valence-electron chi connectivity index (χ4n) is 1.93. The quantitative estimate of drug-likeness (QED) is 0.571. The van der Waals surface area contributed by atoms with E-state index >= 15 is 0 Å². The number of aryl methyl sites for hydroxylation is 1. The second-order valence-corrected chi connectivity index (χ2v) is 3.70. The molecule has 0 unspecified atom stereocenters. The number of nitrogens with one attached hydrogen (secondary N) is 2. The van der Waals surface area contributed by atoms with Gasteiger partial charge in [0.2, 0.25) is 0 Å². The maximum Gasteiger partial charge on any atom is 0.274 e. The first kappa shape index (κ1) is 14.1. The summed E-state index contributed by atoms with van der Waals surface area (Å²) in [6, 6.07) is 9.57. The normalized spacial score (nSPS) is 9.83. The highest BCUT2D eigenvalue weighted by Gasteiger charge is 2.14. The Morgan fingerprint density at radius 2 is 2.11 bits per heavy atom. The molecule has 1 amide bonds. The van der Waals surface area contributed by atoms with Crippen LogP contribution in [0.15, 0.2) is 30.3 Å². The largest absolute Gasteiger partial charge is 0.370 e. The zero-order valence-electron chi connectivity index (χ0n) is 9.93. The van der Waals surface area contributed by atoms with Crippen LogP contribution in [-0.2, 0) is 6.54 Å². The van der Waals surface area contributed by atoms with Crippen LogP contribution in [0.1, 0.15) is 17.4 Å². The van der Waals surface area contributed by atoms with Crippen LogP contribution in [-0.4, -0.2) is 16.4 Å². The van der Waals surface area contributed by atoms with Crippen molar-refractivity contribution < 1.29 is 4.79 Å². The van der Waals surface area contributed by atoms with E-state index < -0.39 is 0 Å². The van der Waals surface area contributed by atoms with Gasteiger partial charge in [0.05, 0.1) is 0 Å². The Hall–Kier alpha value is -2.01. The SMILES string of the molecule is CCn1c(C(=O)NC(=N)N)cc2ccccc21.Cl. The minimum Gasteiger partial charge on any atom is -0.370 e. The van der Waals surface area contributed by atoms with Crippen LogP contribution in [0.4, 0.5) is 0 Å². The van der Waals surface area contributed by atoms with Crippen molar-refractivity contribution in [2.75, 3.05) is 0 Å². The lowest BCUT2D eigenvalue weighted by Crippen LogP contribution is -2.36. The Bertz CT molecular complexity index is 591. The maximum atomic E-state index is 11.9. The Morgan fingerprint density at radius 1 is 1.44 bits per heavy atom. The summed E-state index contributed by atoms with van der Waals surface area (Å²) >= 11 is 0. The van der Waals surface area contributed by atoms with Gasteiger partial charge in [-0.05, 0) is 19.1 Å². The van der Waals surface area contributed by atoms with Crippen molar-refractivity contribution in [1.29, 1.82) is 5.41 Å². The average molecular weight is 267 g/mol. The summed E-state index contributed by atoms with van der Waals surface area (Å²) in [5, 5.41) is 10.4. The van der Waals surface area contributed by atoms with Crippen molar-refractivity contribution in [3.05, 3.63) is 36.0 Å². The van der Waals surface area contributed by atoms with Gasteiger partial charge in [-0.15, -0.1) is 12.4 Å². The molecular weight excluding hydrogens is 252 g/mol. The third-order valence-corrected chi connectivity index (χ3v) is 2.61. The fraction of sp³-hybridized carbons (Fsp3) is 0.167. The zero-order chi connectivity index (χ0) is 12.4. The van der Waals surface area contributed by atoms with Gasteiger partial charge in [-0.2, -0.15) is 0 Å². The number of benzene rings is 1. The van der Waals surface area contributed by atoms with Gasteiger partial charge in [0, 0.05) is 17.4 Å². The minimum atomic E-state index is -0.351. The van der Waals surface area contributed by atoms with E-state index in [9.17, 15) is 4.79 Å². The molecule has 4 N–H and O–H groups in total. The monoisotopic (exact) mass is 266 g/mol. The second-order valence-electron chi connectivity index (χ2n) is 3.70. The van der Waals surface area contributed by atoms with Crippen molar-refractivity contribution >= 4 is 35.2 Å². The summed E-state index contributed by atoms with van der Waals surface area (Å²) in [4.78, 5) is 11.9. The number of rotatable bonds is 2. The molecule has 0 aliphatic rings. The maximum absolute atomic E-state index is 11.9. The van der Waals surface area contributed by atoms with Gasteiger partial charge >= 0.3 is 0 Å². The van der Waals surface area contributed by atoms with E-state index in [2.05, 4.69) is 5.32 Å². The van der Waals surface area contributed by atoms with Crippen molar-refractivity contribution in [3.63, 3.8) is 0 Å². The number of carbonyl (C=O) groups excluding carboxylic acids is 1. The average Bonchev–Trinajstić information content (AvgIpc) is 2.66. The molecule has 5 nitrogen and oxygen atoms in total. The Balaban J connectivity index is 0.00000162. The van der Waals surface area contributed by atoms with E-state index in [1.54, 1.807) is 6.07 Å². The molecule has 0 aliphatic carbocycles. The Labute approximate surface area is 111 Å². The van der Waals surface area contributed by atoms with E-state index in [4.69, 9.17) is 11.1 Å². The van der Waals surface area contributed by atoms with Gasteiger partial charge in [-0.3, -0.25) is 15.5 Å². The summed E-state index contributed by atoms with van der Waals surface area (Å²) in [6.45, 7) is 2.66. The molecule has 6 heteroatoms. The van der Waals surface area contributed by atoms with Crippen LogP contribution < -0.4 is 11.1 Å². The van der Waals surface area contributed by atoms with E-state index in [-0.39, 0.29) is 24.3 Å². The van der Waals surface area contributed by atoms with Crippen LogP contribution in [0.5, 0.6) is 0 Å². The smallest absolute Gasteiger partial charge is 0.274 e. The standard InChI is InChI=1S/C12H14N4O.ClH/c1-2-16-9-6-4-3-5-8(9)7-10(16)11(17)15-12(13)14;/h3-7H,2H2,1H3,(H4,13,14,15,17);1H. The highest BCUT2D eigenvalue weighted by Crippen LogP contribution is 2.19. The van der Waals surface area contributed by atoms with E-state index in [1.807, 2.05) is 35.8 Å². The van der Waals surface area contributed by atoms with E-state index in [0.29, 0.717) is 12.2 Å². The van der Waals surface area contributed by atoms with Gasteiger partial charge in [0.15, 0.2) is 5.96 Å². The third kappa shape index (κ3) is 2.46. The summed E-state index contributed by atoms with van der Waals surface area (Å²) in [5.74, 6) is -0.696. The first-order valence-corrected chi connectivity index (χ1v) is 5.37. The van der Waals surface area contributed by atoms with Crippen LogP contribution in [0.2, 0.25) is 0 Å². The van der Waals surface area contributed by atoms with Gasteiger partial charge < -0.3 is 10.3 Å². The summed E-state index contributed by atoms with van der Waals surface area (Å²) in [5.41, 5.74) is 6.68. The highest BCUT2D eigenvalue weighted by molar-refractivity contribution is 6.06. The number of para-hydroxylation sites is 1. The fourth-order valence-corrected chi connectivity index (χ4v) is 1.93. The third-order valence-electron chi connectivity index (χ3n) is 2.61. The zero-order valence-corrected chi connectivity index (χ0v) is 10.8.